The first-order chi connectivity index (χ1) is 6.74. The Morgan fingerprint density at radius 2 is 2.07 bits per heavy atom. The van der Waals surface area contributed by atoms with Gasteiger partial charge in [0.25, 0.3) is 0 Å². The number of nitrogens with one attached hydrogen (secondary N) is 1. The second kappa shape index (κ2) is 8.85. The van der Waals surface area contributed by atoms with E-state index in [1.807, 2.05) is 6.92 Å². The van der Waals surface area contributed by atoms with Crippen molar-refractivity contribution in [3.05, 3.63) is 0 Å². The molecule has 1 amide bonds. The van der Waals surface area contributed by atoms with Gasteiger partial charge in [-0.05, 0) is 19.3 Å². The summed E-state index contributed by atoms with van der Waals surface area (Å²) >= 11 is 0. The SMILES string of the molecule is CCCC[C@@H](CC)CNC(=O)OCC. The molecular formula is C11H23NO2. The van der Waals surface area contributed by atoms with Crippen LogP contribution in [0.5, 0.6) is 0 Å². The highest BCUT2D eigenvalue weighted by Gasteiger charge is 2.07. The Hall–Kier alpha value is -0.730. The number of alkyl carbamates (subject to hydrolysis) is 1. The Morgan fingerprint density at radius 1 is 1.36 bits per heavy atom. The molecule has 1 atom stereocenters. The van der Waals surface area contributed by atoms with E-state index < -0.39 is 0 Å². The summed E-state index contributed by atoms with van der Waals surface area (Å²) in [5.74, 6) is 0.597. The average Bonchev–Trinajstić information content (AvgIpc) is 2.19. The topological polar surface area (TPSA) is 38.3 Å². The largest absolute Gasteiger partial charge is 0.450 e. The molecule has 0 saturated heterocycles. The van der Waals surface area contributed by atoms with E-state index in [-0.39, 0.29) is 6.09 Å². The second-order valence-electron chi connectivity index (χ2n) is 3.52. The number of carbonyl (C=O) groups excluding carboxylic acids is 1. The van der Waals surface area contributed by atoms with E-state index in [2.05, 4.69) is 19.2 Å². The molecule has 0 aromatic rings. The zero-order valence-electron chi connectivity index (χ0n) is 9.64. The van der Waals surface area contributed by atoms with Gasteiger partial charge in [-0.25, -0.2) is 4.79 Å². The molecule has 84 valence electrons. The Kier molecular flexibility index (Phi) is 8.39. The Balaban J connectivity index is 3.55. The van der Waals surface area contributed by atoms with Crippen LogP contribution in [0.15, 0.2) is 0 Å². The van der Waals surface area contributed by atoms with E-state index in [9.17, 15) is 4.79 Å². The molecule has 14 heavy (non-hydrogen) atoms. The predicted octanol–water partition coefficient (Wildman–Crippen LogP) is 2.95. The zero-order valence-corrected chi connectivity index (χ0v) is 9.64. The second-order valence-corrected chi connectivity index (χ2v) is 3.52. The smallest absolute Gasteiger partial charge is 0.407 e. The number of carbonyl (C=O) groups is 1. The number of ether oxygens (including phenoxy) is 1. The standard InChI is InChI=1S/C11H23NO2/c1-4-7-8-10(5-2)9-12-11(13)14-6-3/h10H,4-9H2,1-3H3,(H,12,13)/t10-/m1/s1. The van der Waals surface area contributed by atoms with E-state index in [1.54, 1.807) is 0 Å². The first kappa shape index (κ1) is 13.3. The molecule has 0 saturated carbocycles. The highest BCUT2D eigenvalue weighted by atomic mass is 16.5. The van der Waals surface area contributed by atoms with Crippen LogP contribution in [0.3, 0.4) is 0 Å². The van der Waals surface area contributed by atoms with Crippen LogP contribution >= 0.6 is 0 Å². The van der Waals surface area contributed by atoms with Gasteiger partial charge in [0, 0.05) is 6.54 Å². The number of rotatable bonds is 7. The van der Waals surface area contributed by atoms with Gasteiger partial charge in [-0.1, -0.05) is 33.1 Å². The van der Waals surface area contributed by atoms with E-state index in [0.29, 0.717) is 12.5 Å². The summed E-state index contributed by atoms with van der Waals surface area (Å²) in [5, 5.41) is 2.78. The molecule has 0 unspecified atom stereocenters. The van der Waals surface area contributed by atoms with Gasteiger partial charge in [0.2, 0.25) is 0 Å². The molecule has 0 heterocycles. The highest BCUT2D eigenvalue weighted by Crippen LogP contribution is 2.10. The zero-order chi connectivity index (χ0) is 10.8. The molecule has 0 rings (SSSR count). The minimum absolute atomic E-state index is 0.289. The molecular weight excluding hydrogens is 178 g/mol. The van der Waals surface area contributed by atoms with Crippen LogP contribution in [-0.4, -0.2) is 19.2 Å². The number of hydrogen-bond donors (Lipinski definition) is 1. The molecule has 0 aliphatic heterocycles. The summed E-state index contributed by atoms with van der Waals surface area (Å²) in [5.41, 5.74) is 0. The van der Waals surface area contributed by atoms with Crippen molar-refractivity contribution in [1.82, 2.24) is 5.32 Å². The van der Waals surface area contributed by atoms with Gasteiger partial charge >= 0.3 is 6.09 Å². The maximum atomic E-state index is 11.0. The lowest BCUT2D eigenvalue weighted by Gasteiger charge is -2.14. The van der Waals surface area contributed by atoms with Crippen molar-refractivity contribution in [3.63, 3.8) is 0 Å². The molecule has 0 aliphatic rings. The van der Waals surface area contributed by atoms with E-state index in [0.717, 1.165) is 13.0 Å². The normalized spacial score (nSPS) is 12.2. The molecule has 0 aliphatic carbocycles. The summed E-state index contributed by atoms with van der Waals surface area (Å²) in [6, 6.07) is 0. The minimum Gasteiger partial charge on any atom is -0.450 e. The van der Waals surface area contributed by atoms with E-state index >= 15 is 0 Å². The van der Waals surface area contributed by atoms with Gasteiger partial charge in [-0.15, -0.1) is 0 Å². The molecule has 3 nitrogen and oxygen atoms in total. The fraction of sp³-hybridized carbons (Fsp3) is 0.909. The van der Waals surface area contributed by atoms with Crippen molar-refractivity contribution in [2.75, 3.05) is 13.2 Å². The number of amides is 1. The number of hydrogen-bond acceptors (Lipinski definition) is 2. The molecule has 0 aromatic heterocycles. The van der Waals surface area contributed by atoms with Crippen LogP contribution in [0.4, 0.5) is 4.79 Å². The monoisotopic (exact) mass is 201 g/mol. The lowest BCUT2D eigenvalue weighted by atomic mass is 10.00. The lowest BCUT2D eigenvalue weighted by Crippen LogP contribution is -2.29. The fourth-order valence-electron chi connectivity index (χ4n) is 1.35. The predicted molar refractivity (Wildman–Crippen MR) is 58.3 cm³/mol. The fourth-order valence-corrected chi connectivity index (χ4v) is 1.35. The molecule has 0 spiro atoms. The average molecular weight is 201 g/mol. The van der Waals surface area contributed by atoms with Crippen molar-refractivity contribution >= 4 is 6.09 Å². The first-order valence-electron chi connectivity index (χ1n) is 5.65. The minimum atomic E-state index is -0.289. The van der Waals surface area contributed by atoms with Crippen LogP contribution in [0.25, 0.3) is 0 Å². The van der Waals surface area contributed by atoms with Gasteiger partial charge in [0.15, 0.2) is 0 Å². The third-order valence-electron chi connectivity index (χ3n) is 2.35. The lowest BCUT2D eigenvalue weighted by molar-refractivity contribution is 0.150. The molecule has 0 radical (unpaired) electrons. The Morgan fingerprint density at radius 3 is 2.57 bits per heavy atom. The maximum Gasteiger partial charge on any atom is 0.407 e. The maximum absolute atomic E-state index is 11.0. The summed E-state index contributed by atoms with van der Waals surface area (Å²) in [6.07, 6.45) is 4.48. The third-order valence-corrected chi connectivity index (χ3v) is 2.35. The van der Waals surface area contributed by atoms with Crippen molar-refractivity contribution < 1.29 is 9.53 Å². The summed E-state index contributed by atoms with van der Waals surface area (Å²) in [6.45, 7) is 7.35. The number of unbranched alkanes of at least 4 members (excludes halogenated alkanes) is 1. The van der Waals surface area contributed by atoms with Gasteiger partial charge < -0.3 is 10.1 Å². The van der Waals surface area contributed by atoms with Gasteiger partial charge in [0.1, 0.15) is 0 Å². The Bertz CT molecular complexity index is 148. The van der Waals surface area contributed by atoms with Gasteiger partial charge in [0.05, 0.1) is 6.61 Å². The van der Waals surface area contributed by atoms with E-state index in [1.165, 1.54) is 19.3 Å². The van der Waals surface area contributed by atoms with Crippen molar-refractivity contribution in [3.8, 4) is 0 Å². The molecule has 0 bridgehead atoms. The molecule has 1 N–H and O–H groups in total. The molecule has 0 fully saturated rings. The summed E-state index contributed by atoms with van der Waals surface area (Å²) in [4.78, 5) is 11.0. The van der Waals surface area contributed by atoms with Crippen molar-refractivity contribution in [2.24, 2.45) is 5.92 Å². The van der Waals surface area contributed by atoms with Gasteiger partial charge in [-0.3, -0.25) is 0 Å². The summed E-state index contributed by atoms with van der Waals surface area (Å²) in [7, 11) is 0. The van der Waals surface area contributed by atoms with Crippen LogP contribution in [0.2, 0.25) is 0 Å². The Labute approximate surface area is 87.2 Å². The van der Waals surface area contributed by atoms with E-state index in [4.69, 9.17) is 4.74 Å². The van der Waals surface area contributed by atoms with Crippen LogP contribution in [0.1, 0.15) is 46.5 Å². The quantitative estimate of drug-likeness (QED) is 0.687. The van der Waals surface area contributed by atoms with Crippen molar-refractivity contribution in [1.29, 1.82) is 0 Å². The van der Waals surface area contributed by atoms with Gasteiger partial charge in [-0.2, -0.15) is 0 Å². The highest BCUT2D eigenvalue weighted by molar-refractivity contribution is 5.66. The van der Waals surface area contributed by atoms with Crippen LogP contribution in [0, 0.1) is 5.92 Å². The third kappa shape index (κ3) is 6.75. The molecule has 0 aromatic carbocycles. The van der Waals surface area contributed by atoms with Crippen LogP contribution in [-0.2, 0) is 4.74 Å². The molecule has 3 heteroatoms. The van der Waals surface area contributed by atoms with Crippen molar-refractivity contribution in [2.45, 2.75) is 46.5 Å². The summed E-state index contributed by atoms with van der Waals surface area (Å²) < 4.78 is 4.79. The van der Waals surface area contributed by atoms with Crippen LogP contribution < -0.4 is 5.32 Å². The first-order valence-corrected chi connectivity index (χ1v) is 5.65.